The van der Waals surface area contributed by atoms with Gasteiger partial charge in [0.15, 0.2) is 0 Å². The van der Waals surface area contributed by atoms with Crippen LogP contribution in [0.25, 0.3) is 0 Å². The number of aromatic nitrogens is 2. The third-order valence-electron chi connectivity index (χ3n) is 5.01. The van der Waals surface area contributed by atoms with E-state index in [0.29, 0.717) is 16.3 Å². The van der Waals surface area contributed by atoms with Crippen molar-refractivity contribution in [3.8, 4) is 17.6 Å². The third-order valence-corrected chi connectivity index (χ3v) is 5.88. The van der Waals surface area contributed by atoms with E-state index < -0.39 is 23.7 Å². The van der Waals surface area contributed by atoms with Crippen molar-refractivity contribution in [1.29, 1.82) is 0 Å². The fourth-order valence-corrected chi connectivity index (χ4v) is 3.89. The summed E-state index contributed by atoms with van der Waals surface area (Å²) in [5.41, 5.74) is 0.891. The molecule has 3 rings (SSSR count). The molecule has 2 amide bonds. The lowest BCUT2D eigenvalue weighted by Crippen LogP contribution is -2.49. The van der Waals surface area contributed by atoms with Gasteiger partial charge in [0.05, 0.1) is 41.0 Å². The number of hydrogen-bond acceptors (Lipinski definition) is 9. The number of carbonyl (C=O) groups excluding carboxylic acids is 3. The Morgan fingerprint density at radius 2 is 1.89 bits per heavy atom. The van der Waals surface area contributed by atoms with Crippen LogP contribution in [0.4, 0.5) is 10.3 Å². The van der Waals surface area contributed by atoms with Gasteiger partial charge in [-0.3, -0.25) is 9.59 Å². The van der Waals surface area contributed by atoms with E-state index in [4.69, 9.17) is 4.74 Å². The molecule has 12 heteroatoms. The highest BCUT2D eigenvalue weighted by atomic mass is 32.1. The summed E-state index contributed by atoms with van der Waals surface area (Å²) in [6.45, 7) is 3.11. The van der Waals surface area contributed by atoms with Crippen molar-refractivity contribution < 1.29 is 28.6 Å². The van der Waals surface area contributed by atoms with Crippen LogP contribution in [0.15, 0.2) is 35.7 Å². The standard InChI is InChI=1S/C25H24FN5O5S/c1-14-21(23(34)31-19(24(35)36-3)13-28-22(33)20-7-5-11-37-20)15(2)30-25(29-14)27-10-4-6-16-12-17(32)8-9-18(16)26/h5,7-9,11-12,19,32H,10,13H2,1-3H3,(H,28,33)(H,31,34)(H,27,29,30). The summed E-state index contributed by atoms with van der Waals surface area (Å²) < 4.78 is 18.5. The van der Waals surface area contributed by atoms with Crippen LogP contribution in [0.2, 0.25) is 0 Å². The van der Waals surface area contributed by atoms with Crippen LogP contribution in [0.3, 0.4) is 0 Å². The lowest BCUT2D eigenvalue weighted by atomic mass is 10.1. The molecule has 192 valence electrons. The normalized spacial score (nSPS) is 11.0. The number of phenolic OH excluding ortho intramolecular Hbond substituents is 1. The maximum Gasteiger partial charge on any atom is 0.330 e. The zero-order chi connectivity index (χ0) is 26.9. The van der Waals surface area contributed by atoms with E-state index in [-0.39, 0.29) is 41.8 Å². The molecule has 4 N–H and O–H groups in total. The summed E-state index contributed by atoms with van der Waals surface area (Å²) in [6, 6.07) is 5.80. The van der Waals surface area contributed by atoms with Crippen molar-refractivity contribution in [2.75, 3.05) is 25.5 Å². The maximum absolute atomic E-state index is 13.7. The quantitative estimate of drug-likeness (QED) is 0.259. The molecular formula is C25H24FN5O5S. The Morgan fingerprint density at radius 3 is 2.54 bits per heavy atom. The van der Waals surface area contributed by atoms with Crippen LogP contribution in [-0.2, 0) is 9.53 Å². The zero-order valence-electron chi connectivity index (χ0n) is 20.2. The van der Waals surface area contributed by atoms with E-state index in [2.05, 4.69) is 37.8 Å². The molecule has 0 bridgehead atoms. The van der Waals surface area contributed by atoms with Crippen LogP contribution >= 0.6 is 11.3 Å². The molecule has 1 atom stereocenters. The first-order valence-corrected chi connectivity index (χ1v) is 11.8. The first-order chi connectivity index (χ1) is 17.7. The SMILES string of the molecule is COC(=O)C(CNC(=O)c1cccs1)NC(=O)c1c(C)nc(NCC#Cc2cc(O)ccc2F)nc1C. The number of ether oxygens (including phenoxy) is 1. The minimum absolute atomic E-state index is 0.0498. The Bertz CT molecular complexity index is 1340. The van der Waals surface area contributed by atoms with Gasteiger partial charge in [-0.25, -0.2) is 19.2 Å². The Morgan fingerprint density at radius 1 is 1.16 bits per heavy atom. The van der Waals surface area contributed by atoms with Crippen molar-refractivity contribution in [3.63, 3.8) is 0 Å². The molecule has 0 fully saturated rings. The van der Waals surface area contributed by atoms with Crippen LogP contribution < -0.4 is 16.0 Å². The fourth-order valence-electron chi connectivity index (χ4n) is 3.25. The molecule has 0 radical (unpaired) electrons. The average molecular weight is 526 g/mol. The topological polar surface area (TPSA) is 143 Å². The molecule has 1 aromatic carbocycles. The van der Waals surface area contributed by atoms with E-state index in [9.17, 15) is 23.9 Å². The predicted octanol–water partition coefficient (Wildman–Crippen LogP) is 2.16. The minimum Gasteiger partial charge on any atom is -0.508 e. The number of esters is 1. The van der Waals surface area contributed by atoms with Gasteiger partial charge >= 0.3 is 5.97 Å². The molecule has 10 nitrogen and oxygen atoms in total. The van der Waals surface area contributed by atoms with Gasteiger partial charge in [-0.1, -0.05) is 17.9 Å². The second-order valence-corrected chi connectivity index (χ2v) is 8.60. The highest BCUT2D eigenvalue weighted by Crippen LogP contribution is 2.15. The molecule has 3 aromatic rings. The molecule has 37 heavy (non-hydrogen) atoms. The summed E-state index contributed by atoms with van der Waals surface area (Å²) in [4.78, 5) is 46.4. The molecule has 0 saturated heterocycles. The monoisotopic (exact) mass is 525 g/mol. The first-order valence-electron chi connectivity index (χ1n) is 11.0. The highest BCUT2D eigenvalue weighted by molar-refractivity contribution is 7.12. The van der Waals surface area contributed by atoms with E-state index in [0.717, 1.165) is 6.07 Å². The number of aryl methyl sites for hydroxylation is 2. The minimum atomic E-state index is -1.13. The second kappa shape index (κ2) is 12.5. The van der Waals surface area contributed by atoms with Crippen molar-refractivity contribution >= 4 is 35.1 Å². The summed E-state index contributed by atoms with van der Waals surface area (Å²) >= 11 is 1.25. The molecule has 2 heterocycles. The van der Waals surface area contributed by atoms with Gasteiger partial charge in [0.25, 0.3) is 11.8 Å². The Hall–Kier alpha value is -4.50. The molecule has 0 aliphatic heterocycles. The number of aromatic hydroxyl groups is 1. The summed E-state index contributed by atoms with van der Waals surface area (Å²) in [5, 5.41) is 19.2. The number of phenols is 1. The number of amides is 2. The van der Waals surface area contributed by atoms with Gasteiger partial charge in [-0.05, 0) is 43.5 Å². The van der Waals surface area contributed by atoms with Gasteiger partial charge in [0, 0.05) is 6.54 Å². The van der Waals surface area contributed by atoms with Gasteiger partial charge in [-0.15, -0.1) is 11.3 Å². The average Bonchev–Trinajstić information content (AvgIpc) is 3.40. The highest BCUT2D eigenvalue weighted by Gasteiger charge is 2.25. The maximum atomic E-state index is 13.7. The Labute approximate surface area is 216 Å². The first kappa shape index (κ1) is 27.1. The van der Waals surface area contributed by atoms with Crippen LogP contribution in [0.1, 0.15) is 37.0 Å². The van der Waals surface area contributed by atoms with E-state index in [1.54, 1.807) is 31.4 Å². The number of hydrogen-bond donors (Lipinski definition) is 4. The number of thiophene rings is 1. The van der Waals surface area contributed by atoms with Crippen LogP contribution in [-0.4, -0.2) is 59.1 Å². The summed E-state index contributed by atoms with van der Waals surface area (Å²) in [6.07, 6.45) is 0. The number of rotatable bonds is 8. The molecule has 0 saturated carbocycles. The molecule has 0 spiro atoms. The number of halogens is 1. The number of anilines is 1. The Balaban J connectivity index is 1.66. The van der Waals surface area contributed by atoms with Gasteiger partial charge < -0.3 is 25.8 Å². The van der Waals surface area contributed by atoms with Crippen molar-refractivity contribution in [1.82, 2.24) is 20.6 Å². The number of benzene rings is 1. The zero-order valence-corrected chi connectivity index (χ0v) is 21.0. The number of carbonyl (C=O) groups is 3. The van der Waals surface area contributed by atoms with Crippen molar-refractivity contribution in [2.45, 2.75) is 19.9 Å². The number of methoxy groups -OCH3 is 1. The largest absolute Gasteiger partial charge is 0.508 e. The molecule has 2 aromatic heterocycles. The lowest BCUT2D eigenvalue weighted by Gasteiger charge is -2.18. The smallest absolute Gasteiger partial charge is 0.330 e. The van der Waals surface area contributed by atoms with Gasteiger partial charge in [0.2, 0.25) is 5.95 Å². The molecule has 1 unspecified atom stereocenters. The predicted molar refractivity (Wildman–Crippen MR) is 135 cm³/mol. The number of nitrogens with zero attached hydrogens (tertiary/aromatic N) is 2. The van der Waals surface area contributed by atoms with E-state index >= 15 is 0 Å². The molecule has 0 aliphatic carbocycles. The summed E-state index contributed by atoms with van der Waals surface area (Å²) in [7, 11) is 1.18. The van der Waals surface area contributed by atoms with Crippen LogP contribution in [0, 0.1) is 31.5 Å². The van der Waals surface area contributed by atoms with Crippen LogP contribution in [0.5, 0.6) is 5.75 Å². The summed E-state index contributed by atoms with van der Waals surface area (Å²) in [5.74, 6) is 3.16. The second-order valence-electron chi connectivity index (χ2n) is 7.65. The third kappa shape index (κ3) is 7.25. The van der Waals surface area contributed by atoms with Gasteiger partial charge in [0.1, 0.15) is 17.6 Å². The van der Waals surface area contributed by atoms with Gasteiger partial charge in [-0.2, -0.15) is 0 Å². The van der Waals surface area contributed by atoms with Crippen molar-refractivity contribution in [2.24, 2.45) is 0 Å². The Kier molecular flexibility index (Phi) is 9.12. The molecular weight excluding hydrogens is 501 g/mol. The fraction of sp³-hybridized carbons (Fsp3) is 0.240. The lowest BCUT2D eigenvalue weighted by molar-refractivity contribution is -0.142. The molecule has 0 aliphatic rings. The number of nitrogens with one attached hydrogen (secondary N) is 3. The van der Waals surface area contributed by atoms with E-state index in [1.165, 1.54) is 30.6 Å². The van der Waals surface area contributed by atoms with Crippen molar-refractivity contribution in [3.05, 3.63) is 68.9 Å². The van der Waals surface area contributed by atoms with E-state index in [1.807, 2.05) is 0 Å².